The van der Waals surface area contributed by atoms with E-state index in [9.17, 15) is 14.7 Å². The fourth-order valence-corrected chi connectivity index (χ4v) is 7.48. The van der Waals surface area contributed by atoms with Gasteiger partial charge >= 0.3 is 0 Å². The first kappa shape index (κ1) is 26.5. The molecule has 6 heteroatoms. The van der Waals surface area contributed by atoms with Crippen LogP contribution in [0.4, 0.5) is 0 Å². The third-order valence-electron chi connectivity index (χ3n) is 9.06. The van der Waals surface area contributed by atoms with Crippen LogP contribution in [0.1, 0.15) is 90.0 Å². The largest absolute Gasteiger partial charge is 0.508 e. The summed E-state index contributed by atoms with van der Waals surface area (Å²) in [6.07, 6.45) is 12.8. The Morgan fingerprint density at radius 3 is 2.62 bits per heavy atom. The first-order chi connectivity index (χ1) is 17.9. The summed E-state index contributed by atoms with van der Waals surface area (Å²) in [7, 11) is 0. The molecule has 4 aliphatic rings. The molecule has 1 saturated carbocycles. The van der Waals surface area contributed by atoms with Gasteiger partial charge in [-0.1, -0.05) is 68.4 Å². The average molecular weight is 526 g/mol. The number of aromatic hydroxyl groups is 1. The number of hydrogen-bond acceptors (Lipinski definition) is 4. The third-order valence-corrected chi connectivity index (χ3v) is 9.39. The van der Waals surface area contributed by atoms with Crippen molar-refractivity contribution in [2.45, 2.75) is 96.6 Å². The molecule has 200 valence electrons. The van der Waals surface area contributed by atoms with Crippen LogP contribution in [0, 0.1) is 17.8 Å². The average Bonchev–Trinajstić information content (AvgIpc) is 3.42. The molecule has 0 bridgehead atoms. The summed E-state index contributed by atoms with van der Waals surface area (Å²) in [5, 5.41) is 10.2. The number of likely N-dealkylation sites (tertiary alicyclic amines) is 1. The lowest BCUT2D eigenvalue weighted by atomic mass is 9.68. The molecule has 0 radical (unpaired) electrons. The van der Waals surface area contributed by atoms with E-state index >= 15 is 0 Å². The zero-order chi connectivity index (χ0) is 26.1. The lowest BCUT2D eigenvalue weighted by Crippen LogP contribution is -2.42. The molecular formula is C31H40ClNO4. The Kier molecular flexibility index (Phi) is 8.11. The van der Waals surface area contributed by atoms with Crippen LogP contribution in [0.15, 0.2) is 34.9 Å². The molecule has 0 spiro atoms. The minimum absolute atomic E-state index is 0.00405. The molecule has 37 heavy (non-hydrogen) atoms. The standard InChI is InChI=1S/C31H40ClNO4/c1-3-8-21-16-24-29(31(36)33(30(24)35)22-9-6-5-7-10-22)25-18-37-27(28(21)25)14-11-19(4-2)15-20-12-13-23(34)17-26(20)32/h12-13,15,17,22,24-25,27,29,34H,3-11,14,16,18H2,1-2H3/b19-15+/t24-,25+,27-,29-/m1/s1. The van der Waals surface area contributed by atoms with Gasteiger partial charge in [-0.3, -0.25) is 14.5 Å². The number of phenolic OH excluding ortho intramolecular Hbond substituents is 1. The van der Waals surface area contributed by atoms with Crippen LogP contribution >= 0.6 is 11.6 Å². The number of nitrogens with zero attached hydrogens (tertiary/aromatic N) is 1. The number of fused-ring (bicyclic) bond motifs is 3. The highest BCUT2D eigenvalue weighted by molar-refractivity contribution is 6.32. The number of imide groups is 1. The number of carbonyl (C=O) groups excluding carboxylic acids is 2. The van der Waals surface area contributed by atoms with Crippen LogP contribution < -0.4 is 0 Å². The van der Waals surface area contributed by atoms with E-state index in [1.807, 2.05) is 6.07 Å². The van der Waals surface area contributed by atoms with Gasteiger partial charge in [-0.15, -0.1) is 0 Å². The highest BCUT2D eigenvalue weighted by Gasteiger charge is 2.57. The molecule has 2 heterocycles. The molecule has 3 fully saturated rings. The van der Waals surface area contributed by atoms with Crippen molar-refractivity contribution in [1.82, 2.24) is 4.90 Å². The Labute approximate surface area is 225 Å². The fourth-order valence-electron chi connectivity index (χ4n) is 7.26. The minimum atomic E-state index is -0.243. The minimum Gasteiger partial charge on any atom is -0.508 e. The van der Waals surface area contributed by atoms with Crippen molar-refractivity contribution in [3.8, 4) is 5.75 Å². The molecule has 5 nitrogen and oxygen atoms in total. The molecule has 2 aliphatic heterocycles. The molecule has 1 N–H and O–H groups in total. The van der Waals surface area contributed by atoms with Crippen molar-refractivity contribution in [3.63, 3.8) is 0 Å². The summed E-state index contributed by atoms with van der Waals surface area (Å²) < 4.78 is 6.41. The zero-order valence-corrected chi connectivity index (χ0v) is 22.9. The van der Waals surface area contributed by atoms with Gasteiger partial charge in [0.15, 0.2) is 0 Å². The van der Waals surface area contributed by atoms with Gasteiger partial charge in [0.1, 0.15) is 5.75 Å². The van der Waals surface area contributed by atoms with Gasteiger partial charge < -0.3 is 9.84 Å². The number of rotatable bonds is 8. The van der Waals surface area contributed by atoms with Crippen molar-refractivity contribution in [2.75, 3.05) is 6.61 Å². The molecule has 0 aromatic heterocycles. The molecule has 4 atom stereocenters. The molecule has 0 unspecified atom stereocenters. The van der Waals surface area contributed by atoms with Crippen LogP contribution in [0.2, 0.25) is 5.02 Å². The summed E-state index contributed by atoms with van der Waals surface area (Å²) in [4.78, 5) is 29.0. The van der Waals surface area contributed by atoms with Crippen molar-refractivity contribution in [3.05, 3.63) is 45.5 Å². The number of halogens is 1. The van der Waals surface area contributed by atoms with E-state index in [1.165, 1.54) is 23.1 Å². The number of phenols is 1. The highest BCUT2D eigenvalue weighted by atomic mass is 35.5. The number of carbonyl (C=O) groups is 2. The topological polar surface area (TPSA) is 66.8 Å². The SMILES string of the molecule is CCCC1=C2[C@@H](CC/C(=C/c3ccc(O)cc3Cl)CC)OC[C@@H]2[C@@H]2C(=O)N(C3CCCCC3)C(=O)[C@@H]2C1. The number of hydrogen-bond donors (Lipinski definition) is 1. The Hall–Kier alpha value is -2.11. The normalized spacial score (nSPS) is 28.7. The van der Waals surface area contributed by atoms with Crippen molar-refractivity contribution in [2.24, 2.45) is 17.8 Å². The van der Waals surface area contributed by atoms with Crippen LogP contribution in [0.25, 0.3) is 6.08 Å². The first-order valence-electron chi connectivity index (χ1n) is 14.3. The molecule has 5 rings (SSSR count). The van der Waals surface area contributed by atoms with E-state index in [2.05, 4.69) is 19.9 Å². The van der Waals surface area contributed by atoms with E-state index in [4.69, 9.17) is 16.3 Å². The molecule has 1 aromatic carbocycles. The summed E-state index contributed by atoms with van der Waals surface area (Å²) in [5.74, 6) is -0.0864. The molecule has 2 saturated heterocycles. The maximum atomic E-state index is 13.7. The van der Waals surface area contributed by atoms with Crippen molar-refractivity contribution >= 4 is 29.5 Å². The second-order valence-corrected chi connectivity index (χ2v) is 11.7. The fraction of sp³-hybridized carbons (Fsp3) is 0.613. The monoisotopic (exact) mass is 525 g/mol. The van der Waals surface area contributed by atoms with Gasteiger partial charge in [-0.2, -0.15) is 0 Å². The number of ether oxygens (including phenoxy) is 1. The summed E-state index contributed by atoms with van der Waals surface area (Å²) in [5.41, 5.74) is 4.88. The van der Waals surface area contributed by atoms with Gasteiger partial charge in [-0.25, -0.2) is 0 Å². The lowest BCUT2D eigenvalue weighted by molar-refractivity contribution is -0.143. The van der Waals surface area contributed by atoms with Gasteiger partial charge in [-0.05, 0) is 74.3 Å². The Balaban J connectivity index is 1.35. The number of benzene rings is 1. The van der Waals surface area contributed by atoms with Gasteiger partial charge in [0.2, 0.25) is 11.8 Å². The Morgan fingerprint density at radius 2 is 1.92 bits per heavy atom. The number of amides is 2. The van der Waals surface area contributed by atoms with E-state index in [0.29, 0.717) is 11.6 Å². The summed E-state index contributed by atoms with van der Waals surface area (Å²) in [6.45, 7) is 4.88. The lowest BCUT2D eigenvalue weighted by Gasteiger charge is -2.32. The number of allylic oxidation sites excluding steroid dienone is 2. The van der Waals surface area contributed by atoms with Crippen LogP contribution in [0.5, 0.6) is 5.75 Å². The van der Waals surface area contributed by atoms with Gasteiger partial charge in [0.05, 0.1) is 29.6 Å². The van der Waals surface area contributed by atoms with Gasteiger partial charge in [0, 0.05) is 12.0 Å². The van der Waals surface area contributed by atoms with Crippen molar-refractivity contribution in [1.29, 1.82) is 0 Å². The quantitative estimate of drug-likeness (QED) is 0.291. The molecule has 1 aromatic rings. The van der Waals surface area contributed by atoms with Crippen LogP contribution in [-0.2, 0) is 14.3 Å². The van der Waals surface area contributed by atoms with Crippen LogP contribution in [0.3, 0.4) is 0 Å². The zero-order valence-electron chi connectivity index (χ0n) is 22.2. The molecule has 2 amide bonds. The van der Waals surface area contributed by atoms with E-state index in [0.717, 1.165) is 69.8 Å². The van der Waals surface area contributed by atoms with E-state index in [1.54, 1.807) is 17.0 Å². The van der Waals surface area contributed by atoms with Gasteiger partial charge in [0.25, 0.3) is 0 Å². The maximum absolute atomic E-state index is 13.7. The van der Waals surface area contributed by atoms with E-state index in [-0.39, 0.29) is 47.5 Å². The maximum Gasteiger partial charge on any atom is 0.234 e. The third kappa shape index (κ3) is 5.14. The smallest absolute Gasteiger partial charge is 0.234 e. The second kappa shape index (κ2) is 11.3. The Morgan fingerprint density at radius 1 is 1.14 bits per heavy atom. The van der Waals surface area contributed by atoms with Crippen molar-refractivity contribution < 1.29 is 19.4 Å². The van der Waals surface area contributed by atoms with Crippen LogP contribution in [-0.4, -0.2) is 40.6 Å². The predicted molar refractivity (Wildman–Crippen MR) is 146 cm³/mol. The molecular weight excluding hydrogens is 486 g/mol. The molecule has 2 aliphatic carbocycles. The summed E-state index contributed by atoms with van der Waals surface area (Å²) >= 11 is 6.35. The predicted octanol–water partition coefficient (Wildman–Crippen LogP) is 7.07. The summed E-state index contributed by atoms with van der Waals surface area (Å²) in [6, 6.07) is 5.17. The highest BCUT2D eigenvalue weighted by Crippen LogP contribution is 2.51. The Bertz CT molecular complexity index is 1100. The first-order valence-corrected chi connectivity index (χ1v) is 14.7. The second-order valence-electron chi connectivity index (χ2n) is 11.3. The van der Waals surface area contributed by atoms with E-state index < -0.39 is 0 Å².